The molecule has 1 aromatic heterocycles. The Labute approximate surface area is 152 Å². The molecule has 1 fully saturated rings. The van der Waals surface area contributed by atoms with Gasteiger partial charge in [-0.15, -0.1) is 0 Å². The number of ether oxygens (including phenoxy) is 2. The number of nitrogens with zero attached hydrogens (tertiary/aromatic N) is 2. The molecule has 1 N–H and O–H groups in total. The van der Waals surface area contributed by atoms with Crippen molar-refractivity contribution in [2.75, 3.05) is 38.3 Å². The van der Waals surface area contributed by atoms with Crippen molar-refractivity contribution in [1.29, 1.82) is 0 Å². The second-order valence-corrected chi connectivity index (χ2v) is 7.54. The van der Waals surface area contributed by atoms with E-state index in [-0.39, 0.29) is 5.91 Å². The molecule has 1 aromatic carbocycles. The number of carbonyl (C=O) groups is 1. The van der Waals surface area contributed by atoms with Gasteiger partial charge in [-0.05, 0) is 33.6 Å². The number of morpholine rings is 1. The third-order valence-electron chi connectivity index (χ3n) is 3.68. The topological polar surface area (TPSA) is 63.7 Å². The number of thiazole rings is 1. The molecule has 3 rings (SSSR count). The predicted octanol–water partition coefficient (Wildman–Crippen LogP) is 2.68. The van der Waals surface area contributed by atoms with Crippen LogP contribution in [0.25, 0.3) is 0 Å². The van der Waals surface area contributed by atoms with Crippen LogP contribution in [-0.4, -0.2) is 44.3 Å². The van der Waals surface area contributed by atoms with Gasteiger partial charge in [-0.3, -0.25) is 4.79 Å². The van der Waals surface area contributed by atoms with Gasteiger partial charge in [0.1, 0.15) is 9.54 Å². The number of anilines is 1. The van der Waals surface area contributed by atoms with E-state index < -0.39 is 0 Å². The van der Waals surface area contributed by atoms with Crippen LogP contribution in [0.4, 0.5) is 5.13 Å². The smallest absolute Gasteiger partial charge is 0.272 e. The highest BCUT2D eigenvalue weighted by Crippen LogP contribution is 2.31. The summed E-state index contributed by atoms with van der Waals surface area (Å²) < 4.78 is 11.2. The number of methoxy groups -OCH3 is 1. The van der Waals surface area contributed by atoms with Gasteiger partial charge in [0, 0.05) is 19.6 Å². The Hall–Kier alpha value is -1.64. The van der Waals surface area contributed by atoms with Crippen molar-refractivity contribution < 1.29 is 14.3 Å². The zero-order valence-electron chi connectivity index (χ0n) is 13.3. The lowest BCUT2D eigenvalue weighted by Gasteiger charge is -2.25. The zero-order valence-corrected chi connectivity index (χ0v) is 15.7. The fourth-order valence-corrected chi connectivity index (χ4v) is 3.88. The molecular weight excluding hydrogens is 394 g/mol. The number of carbonyl (C=O) groups excluding carboxylic acids is 1. The summed E-state index contributed by atoms with van der Waals surface area (Å²) in [5.74, 6) is 0.607. The summed E-state index contributed by atoms with van der Waals surface area (Å²) in [5.41, 5.74) is 1.43. The molecule has 0 saturated carbocycles. The highest BCUT2D eigenvalue weighted by atomic mass is 79.9. The number of hydrogen-bond donors (Lipinski definition) is 1. The van der Waals surface area contributed by atoms with Crippen molar-refractivity contribution in [3.05, 3.63) is 39.3 Å². The van der Waals surface area contributed by atoms with Gasteiger partial charge in [0.05, 0.1) is 20.3 Å². The summed E-state index contributed by atoms with van der Waals surface area (Å²) in [6.45, 7) is 3.42. The number of amides is 1. The largest absolute Gasteiger partial charge is 0.497 e. The second kappa shape index (κ2) is 7.96. The van der Waals surface area contributed by atoms with Crippen molar-refractivity contribution in [2.45, 2.75) is 6.54 Å². The van der Waals surface area contributed by atoms with E-state index >= 15 is 0 Å². The average Bonchev–Trinajstić information content (AvgIpc) is 3.03. The maximum absolute atomic E-state index is 12.4. The van der Waals surface area contributed by atoms with Gasteiger partial charge in [-0.1, -0.05) is 23.5 Å². The number of halogens is 1. The summed E-state index contributed by atoms with van der Waals surface area (Å²) >= 11 is 4.92. The summed E-state index contributed by atoms with van der Waals surface area (Å²) in [7, 11) is 1.63. The van der Waals surface area contributed by atoms with Crippen LogP contribution in [0.2, 0.25) is 0 Å². The lowest BCUT2D eigenvalue weighted by molar-refractivity contribution is 0.0946. The average molecular weight is 412 g/mol. The number of benzene rings is 1. The molecule has 1 saturated heterocycles. The molecule has 24 heavy (non-hydrogen) atoms. The van der Waals surface area contributed by atoms with Crippen molar-refractivity contribution in [2.24, 2.45) is 0 Å². The van der Waals surface area contributed by atoms with Crippen LogP contribution >= 0.6 is 27.3 Å². The summed E-state index contributed by atoms with van der Waals surface area (Å²) in [6, 6.07) is 7.59. The molecule has 1 aliphatic rings. The fraction of sp³-hybridized carbons (Fsp3) is 0.375. The number of hydrogen-bond acceptors (Lipinski definition) is 6. The molecule has 1 amide bonds. The fourth-order valence-electron chi connectivity index (χ4n) is 2.33. The van der Waals surface area contributed by atoms with E-state index in [0.717, 1.165) is 33.3 Å². The van der Waals surface area contributed by atoms with E-state index in [9.17, 15) is 4.79 Å². The van der Waals surface area contributed by atoms with Crippen LogP contribution in [0.3, 0.4) is 0 Å². The van der Waals surface area contributed by atoms with Crippen LogP contribution in [0.5, 0.6) is 5.75 Å². The third kappa shape index (κ3) is 4.06. The molecule has 128 valence electrons. The van der Waals surface area contributed by atoms with Crippen LogP contribution in [-0.2, 0) is 11.3 Å². The van der Waals surface area contributed by atoms with Crippen molar-refractivity contribution >= 4 is 38.3 Å². The van der Waals surface area contributed by atoms with Gasteiger partial charge in [0.25, 0.3) is 5.91 Å². The molecule has 8 heteroatoms. The first kappa shape index (κ1) is 17.2. The van der Waals surface area contributed by atoms with Gasteiger partial charge in [0.2, 0.25) is 0 Å². The lowest BCUT2D eigenvalue weighted by atomic mass is 10.2. The van der Waals surface area contributed by atoms with Gasteiger partial charge in [-0.25, -0.2) is 4.98 Å². The Bertz CT molecular complexity index is 699. The summed E-state index contributed by atoms with van der Waals surface area (Å²) in [5, 5.41) is 3.75. The van der Waals surface area contributed by atoms with E-state index in [1.54, 1.807) is 7.11 Å². The summed E-state index contributed by atoms with van der Waals surface area (Å²) in [6.07, 6.45) is 0. The van der Waals surface area contributed by atoms with E-state index in [0.29, 0.717) is 25.5 Å². The Morgan fingerprint density at radius 3 is 2.75 bits per heavy atom. The monoisotopic (exact) mass is 411 g/mol. The Morgan fingerprint density at radius 2 is 2.08 bits per heavy atom. The second-order valence-electron chi connectivity index (χ2n) is 5.25. The highest BCUT2D eigenvalue weighted by Gasteiger charge is 2.21. The Kier molecular flexibility index (Phi) is 5.70. The normalized spacial score (nSPS) is 14.5. The van der Waals surface area contributed by atoms with Crippen LogP contribution in [0.1, 0.15) is 16.1 Å². The molecule has 2 heterocycles. The molecular formula is C16H18BrN3O3S. The van der Waals surface area contributed by atoms with E-state index in [4.69, 9.17) is 9.47 Å². The molecule has 2 aromatic rings. The lowest BCUT2D eigenvalue weighted by Crippen LogP contribution is -2.36. The minimum Gasteiger partial charge on any atom is -0.497 e. The Balaban J connectivity index is 1.62. The van der Waals surface area contributed by atoms with Crippen molar-refractivity contribution in [3.63, 3.8) is 0 Å². The first-order valence-corrected chi connectivity index (χ1v) is 9.18. The van der Waals surface area contributed by atoms with E-state index in [1.807, 2.05) is 24.3 Å². The van der Waals surface area contributed by atoms with Crippen molar-refractivity contribution in [1.82, 2.24) is 10.3 Å². The van der Waals surface area contributed by atoms with Crippen molar-refractivity contribution in [3.8, 4) is 5.75 Å². The molecule has 0 spiro atoms. The van der Waals surface area contributed by atoms with Crippen LogP contribution in [0, 0.1) is 0 Å². The molecule has 0 unspecified atom stereocenters. The maximum atomic E-state index is 12.4. The SMILES string of the molecule is COc1ccc(CNC(=O)c2nc(N3CCOCC3)sc2Br)cc1. The third-order valence-corrected chi connectivity index (χ3v) is 5.45. The minimum absolute atomic E-state index is 0.187. The number of rotatable bonds is 5. The van der Waals surface area contributed by atoms with E-state index in [2.05, 4.69) is 31.1 Å². The quantitative estimate of drug-likeness (QED) is 0.818. The maximum Gasteiger partial charge on any atom is 0.272 e. The molecule has 0 aliphatic carbocycles. The minimum atomic E-state index is -0.187. The standard InChI is InChI=1S/C16H18BrN3O3S/c1-22-12-4-2-11(3-5-12)10-18-15(21)13-14(17)24-16(19-13)20-6-8-23-9-7-20/h2-5H,6-10H2,1H3,(H,18,21). The van der Waals surface area contributed by atoms with Gasteiger partial charge < -0.3 is 19.7 Å². The highest BCUT2D eigenvalue weighted by molar-refractivity contribution is 9.11. The zero-order chi connectivity index (χ0) is 16.9. The van der Waals surface area contributed by atoms with Gasteiger partial charge >= 0.3 is 0 Å². The van der Waals surface area contributed by atoms with E-state index in [1.165, 1.54) is 11.3 Å². The number of nitrogens with one attached hydrogen (secondary N) is 1. The number of aromatic nitrogens is 1. The van der Waals surface area contributed by atoms with Gasteiger partial charge in [0.15, 0.2) is 10.8 Å². The predicted molar refractivity (Wildman–Crippen MR) is 97.0 cm³/mol. The Morgan fingerprint density at radius 1 is 1.38 bits per heavy atom. The molecule has 0 atom stereocenters. The molecule has 1 aliphatic heterocycles. The molecule has 6 nitrogen and oxygen atoms in total. The molecule has 0 bridgehead atoms. The van der Waals surface area contributed by atoms with Crippen LogP contribution in [0.15, 0.2) is 28.1 Å². The van der Waals surface area contributed by atoms with Gasteiger partial charge in [-0.2, -0.15) is 0 Å². The molecule has 0 radical (unpaired) electrons. The first-order valence-electron chi connectivity index (χ1n) is 7.57. The van der Waals surface area contributed by atoms with Crippen LogP contribution < -0.4 is 15.0 Å². The first-order chi connectivity index (χ1) is 11.7. The summed E-state index contributed by atoms with van der Waals surface area (Å²) in [4.78, 5) is 19.0.